The number of likely N-dealkylation sites (N-methyl/N-ethyl adjacent to an activating group) is 1. The molecule has 116 valence electrons. The van der Waals surface area contributed by atoms with Crippen LogP contribution in [-0.4, -0.2) is 37.0 Å². The van der Waals surface area contributed by atoms with E-state index in [1.807, 2.05) is 62.3 Å². The molecule has 0 spiro atoms. The summed E-state index contributed by atoms with van der Waals surface area (Å²) < 4.78 is 0. The van der Waals surface area contributed by atoms with Crippen molar-refractivity contribution in [2.24, 2.45) is 0 Å². The van der Waals surface area contributed by atoms with Crippen molar-refractivity contribution in [2.45, 2.75) is 13.0 Å². The predicted octanol–water partition coefficient (Wildman–Crippen LogP) is 1.75. The number of amides is 1. The van der Waals surface area contributed by atoms with E-state index in [2.05, 4.69) is 20.6 Å². The molecule has 1 aromatic heterocycles. The van der Waals surface area contributed by atoms with Gasteiger partial charge < -0.3 is 15.5 Å². The molecule has 22 heavy (non-hydrogen) atoms. The van der Waals surface area contributed by atoms with Crippen LogP contribution in [0.3, 0.4) is 0 Å². The fraction of sp³-hybridized carbons (Fsp3) is 0.312. The maximum absolute atomic E-state index is 12.2. The molecule has 0 aliphatic carbocycles. The molecule has 2 aromatic rings. The number of anilines is 2. The molecule has 2 N–H and O–H groups in total. The average molecular weight is 299 g/mol. The van der Waals surface area contributed by atoms with Gasteiger partial charge in [-0.3, -0.25) is 4.79 Å². The largest absolute Gasteiger partial charge is 0.363 e. The van der Waals surface area contributed by atoms with Gasteiger partial charge in [0, 0.05) is 32.9 Å². The zero-order valence-corrected chi connectivity index (χ0v) is 13.3. The minimum Gasteiger partial charge on any atom is -0.363 e. The molecule has 0 bridgehead atoms. The molecule has 0 radical (unpaired) electrons. The highest BCUT2D eigenvalue weighted by atomic mass is 16.2. The van der Waals surface area contributed by atoms with E-state index in [0.29, 0.717) is 5.95 Å². The summed E-state index contributed by atoms with van der Waals surface area (Å²) in [6, 6.07) is 10.9. The smallest absolute Gasteiger partial charge is 0.246 e. The van der Waals surface area contributed by atoms with Gasteiger partial charge in [0.1, 0.15) is 11.9 Å². The number of hydrogen-bond acceptors (Lipinski definition) is 5. The van der Waals surface area contributed by atoms with Gasteiger partial charge in [-0.1, -0.05) is 30.3 Å². The van der Waals surface area contributed by atoms with Crippen LogP contribution >= 0.6 is 0 Å². The molecule has 0 fully saturated rings. The number of aryl methyl sites for hydroxylation is 1. The maximum atomic E-state index is 12.2. The van der Waals surface area contributed by atoms with Gasteiger partial charge in [0.15, 0.2) is 0 Å². The van der Waals surface area contributed by atoms with Gasteiger partial charge >= 0.3 is 0 Å². The number of carbonyl (C=O) groups excluding carboxylic acids is 1. The van der Waals surface area contributed by atoms with Gasteiger partial charge in [0.05, 0.1) is 0 Å². The Kier molecular flexibility index (Phi) is 4.93. The summed E-state index contributed by atoms with van der Waals surface area (Å²) in [7, 11) is 5.44. The average Bonchev–Trinajstić information content (AvgIpc) is 2.52. The maximum Gasteiger partial charge on any atom is 0.246 e. The summed E-state index contributed by atoms with van der Waals surface area (Å²) >= 11 is 0. The molecular formula is C16H21N5O. The van der Waals surface area contributed by atoms with Crippen molar-refractivity contribution >= 4 is 17.7 Å². The van der Waals surface area contributed by atoms with Crippen LogP contribution < -0.4 is 15.5 Å². The van der Waals surface area contributed by atoms with Gasteiger partial charge in [-0.05, 0) is 12.5 Å². The summed E-state index contributed by atoms with van der Waals surface area (Å²) in [6.45, 7) is 1.90. The number of hydrogen-bond donors (Lipinski definition) is 2. The lowest BCUT2D eigenvalue weighted by molar-refractivity contribution is -0.121. The highest BCUT2D eigenvalue weighted by molar-refractivity contribution is 5.85. The van der Waals surface area contributed by atoms with Crippen molar-refractivity contribution in [3.05, 3.63) is 47.7 Å². The van der Waals surface area contributed by atoms with Crippen LogP contribution in [0.4, 0.5) is 11.8 Å². The van der Waals surface area contributed by atoms with Crippen molar-refractivity contribution in [3.63, 3.8) is 0 Å². The summed E-state index contributed by atoms with van der Waals surface area (Å²) in [4.78, 5) is 22.9. The zero-order valence-electron chi connectivity index (χ0n) is 13.3. The van der Waals surface area contributed by atoms with Crippen LogP contribution in [0.2, 0.25) is 0 Å². The summed E-state index contributed by atoms with van der Waals surface area (Å²) in [5.41, 5.74) is 1.70. The third-order valence-electron chi connectivity index (χ3n) is 3.21. The molecule has 6 nitrogen and oxygen atoms in total. The Morgan fingerprint density at radius 1 is 1.18 bits per heavy atom. The van der Waals surface area contributed by atoms with Crippen molar-refractivity contribution in [2.75, 3.05) is 31.4 Å². The summed E-state index contributed by atoms with van der Waals surface area (Å²) in [5, 5.41) is 5.79. The molecule has 6 heteroatoms. The Morgan fingerprint density at radius 3 is 2.45 bits per heavy atom. The van der Waals surface area contributed by atoms with Gasteiger partial charge in [0.2, 0.25) is 11.9 Å². The minimum absolute atomic E-state index is 0.136. The number of rotatable bonds is 5. The van der Waals surface area contributed by atoms with E-state index in [1.54, 1.807) is 7.05 Å². The zero-order chi connectivity index (χ0) is 16.1. The van der Waals surface area contributed by atoms with Crippen LogP contribution in [0.5, 0.6) is 0 Å². The van der Waals surface area contributed by atoms with Crippen LogP contribution in [0.15, 0.2) is 36.4 Å². The van der Waals surface area contributed by atoms with E-state index in [9.17, 15) is 4.79 Å². The Hall–Kier alpha value is -2.63. The van der Waals surface area contributed by atoms with E-state index in [-0.39, 0.29) is 5.91 Å². The van der Waals surface area contributed by atoms with Gasteiger partial charge in [0.25, 0.3) is 0 Å². The van der Waals surface area contributed by atoms with E-state index in [1.165, 1.54) is 0 Å². The SMILES string of the molecule is CNC(=O)C(Nc1nc(C)cc(N(C)C)n1)c1ccccc1. The van der Waals surface area contributed by atoms with Gasteiger partial charge in [-0.25, -0.2) is 4.98 Å². The lowest BCUT2D eigenvalue weighted by Gasteiger charge is -2.19. The monoisotopic (exact) mass is 299 g/mol. The predicted molar refractivity (Wildman–Crippen MR) is 88.0 cm³/mol. The van der Waals surface area contributed by atoms with Crippen molar-refractivity contribution in [1.29, 1.82) is 0 Å². The second-order valence-electron chi connectivity index (χ2n) is 5.19. The molecule has 1 atom stereocenters. The number of carbonyl (C=O) groups is 1. The Morgan fingerprint density at radius 2 is 1.86 bits per heavy atom. The fourth-order valence-corrected chi connectivity index (χ4v) is 2.06. The van der Waals surface area contributed by atoms with E-state index < -0.39 is 6.04 Å². The second-order valence-corrected chi connectivity index (χ2v) is 5.19. The molecule has 0 saturated carbocycles. The molecule has 2 rings (SSSR count). The Balaban J connectivity index is 2.34. The van der Waals surface area contributed by atoms with E-state index in [4.69, 9.17) is 0 Å². The Labute approximate surface area is 130 Å². The van der Waals surface area contributed by atoms with Crippen LogP contribution in [0.25, 0.3) is 0 Å². The molecular weight excluding hydrogens is 278 g/mol. The highest BCUT2D eigenvalue weighted by Gasteiger charge is 2.20. The van der Waals surface area contributed by atoms with Crippen molar-refractivity contribution in [3.8, 4) is 0 Å². The minimum atomic E-state index is -0.539. The first kappa shape index (κ1) is 15.8. The topological polar surface area (TPSA) is 70.2 Å². The second kappa shape index (κ2) is 6.89. The van der Waals surface area contributed by atoms with E-state index >= 15 is 0 Å². The van der Waals surface area contributed by atoms with Crippen molar-refractivity contribution in [1.82, 2.24) is 15.3 Å². The first-order valence-electron chi connectivity index (χ1n) is 7.07. The molecule has 1 unspecified atom stereocenters. The van der Waals surface area contributed by atoms with Crippen LogP contribution in [-0.2, 0) is 4.79 Å². The molecule has 0 aliphatic heterocycles. The quantitative estimate of drug-likeness (QED) is 0.880. The van der Waals surface area contributed by atoms with Crippen molar-refractivity contribution < 1.29 is 4.79 Å². The number of nitrogens with one attached hydrogen (secondary N) is 2. The Bertz CT molecular complexity index is 642. The number of benzene rings is 1. The lowest BCUT2D eigenvalue weighted by atomic mass is 10.1. The molecule has 1 heterocycles. The molecule has 1 amide bonds. The highest BCUT2D eigenvalue weighted by Crippen LogP contribution is 2.19. The van der Waals surface area contributed by atoms with Gasteiger partial charge in [-0.2, -0.15) is 4.98 Å². The van der Waals surface area contributed by atoms with Crippen LogP contribution in [0.1, 0.15) is 17.3 Å². The van der Waals surface area contributed by atoms with Crippen LogP contribution in [0, 0.1) is 6.92 Å². The third-order valence-corrected chi connectivity index (χ3v) is 3.21. The first-order valence-corrected chi connectivity index (χ1v) is 7.07. The normalized spacial score (nSPS) is 11.6. The molecule has 1 aromatic carbocycles. The molecule has 0 aliphatic rings. The first-order chi connectivity index (χ1) is 10.5. The summed E-state index contributed by atoms with van der Waals surface area (Å²) in [5.74, 6) is 1.09. The standard InChI is InChI=1S/C16H21N5O/c1-11-10-13(21(3)4)19-16(18-11)20-14(15(22)17-2)12-8-6-5-7-9-12/h5-10,14H,1-4H3,(H,17,22)(H,18,19,20). The third kappa shape index (κ3) is 3.72. The number of aromatic nitrogens is 2. The van der Waals surface area contributed by atoms with Gasteiger partial charge in [-0.15, -0.1) is 0 Å². The fourth-order valence-electron chi connectivity index (χ4n) is 2.06. The molecule has 0 saturated heterocycles. The number of nitrogens with zero attached hydrogens (tertiary/aromatic N) is 3. The summed E-state index contributed by atoms with van der Waals surface area (Å²) in [6.07, 6.45) is 0. The van der Waals surface area contributed by atoms with E-state index in [0.717, 1.165) is 17.1 Å². The lowest BCUT2D eigenvalue weighted by Crippen LogP contribution is -2.31.